The van der Waals surface area contributed by atoms with Crippen LogP contribution in [0.3, 0.4) is 0 Å². The van der Waals surface area contributed by atoms with Gasteiger partial charge in [0.15, 0.2) is 7.14 Å². The normalized spacial score (nSPS) is 12.2. The van der Waals surface area contributed by atoms with Crippen LogP contribution in [-0.2, 0) is 4.57 Å². The van der Waals surface area contributed by atoms with Crippen LogP contribution < -0.4 is 31.8 Å². The molecule has 0 N–H and O–H groups in total. The molecule has 2 aromatic heterocycles. The molecule has 3 nitrogen and oxygen atoms in total. The summed E-state index contributed by atoms with van der Waals surface area (Å²) in [6.07, 6.45) is 0. The van der Waals surface area contributed by atoms with Crippen molar-refractivity contribution in [2.24, 2.45) is 0 Å². The first-order valence-electron chi connectivity index (χ1n) is 28.9. The number of hydrogen-bond donors (Lipinski definition) is 0. The van der Waals surface area contributed by atoms with Crippen molar-refractivity contribution in [2.75, 3.05) is 0 Å². The molecule has 0 unspecified atom stereocenters. The van der Waals surface area contributed by atoms with E-state index in [0.29, 0.717) is 0 Å². The Balaban J connectivity index is 0.000000133. The number of hydrogen-bond acceptors (Lipinski definition) is 3. The molecule has 398 valence electrons. The molecule has 0 aliphatic rings. The molecular weight excluding hydrogens is 1070 g/mol. The lowest BCUT2D eigenvalue weighted by Crippen LogP contribution is -2.24. The fourth-order valence-electron chi connectivity index (χ4n) is 13.5. The Hall–Kier alpha value is -10.1. The molecule has 18 aromatic rings. The molecule has 18 rings (SSSR count). The molecule has 0 saturated heterocycles. The second-order valence-electron chi connectivity index (χ2n) is 22.2. The molecule has 0 radical (unpaired) electrons. The Labute approximate surface area is 491 Å². The van der Waals surface area contributed by atoms with Gasteiger partial charge in [-0.15, -0.1) is 0 Å². The van der Waals surface area contributed by atoms with E-state index in [-0.39, 0.29) is 0 Å². The van der Waals surface area contributed by atoms with E-state index in [0.717, 1.165) is 60.0 Å². The third-order valence-electron chi connectivity index (χ3n) is 17.5. The zero-order chi connectivity index (χ0) is 56.2. The van der Waals surface area contributed by atoms with Gasteiger partial charge >= 0.3 is 0 Å². The van der Waals surface area contributed by atoms with E-state index in [9.17, 15) is 0 Å². The Bertz CT molecular complexity index is 5520. The Kier molecular flexibility index (Phi) is 11.5. The average Bonchev–Trinajstić information content (AvgIpc) is 2.38. The van der Waals surface area contributed by atoms with Crippen molar-refractivity contribution >= 4 is 155 Å². The molecule has 0 spiro atoms. The van der Waals surface area contributed by atoms with Crippen LogP contribution in [0.15, 0.2) is 312 Å². The van der Waals surface area contributed by atoms with E-state index in [1.807, 2.05) is 72.8 Å². The van der Waals surface area contributed by atoms with Crippen LogP contribution in [0.4, 0.5) is 0 Å². The van der Waals surface area contributed by atoms with Crippen molar-refractivity contribution < 1.29 is 13.4 Å². The minimum atomic E-state index is -3.11. The quantitative estimate of drug-likeness (QED) is 0.112. The standard InChI is InChI=1S/C40H25O2P.C40H25OP/c41-43(30-10-3-1-4-11-30,31-12-5-2-6-13-31)32-19-23-38-36(25-32)35-24-29(18-22-37(35)42-38)33-20-16-28-15-14-26-8-7-9-27-17-21-34(33)40(28)39(26)27;1-3-10-30(11-4-1)42(31-12-5-2-6-13-31)32-19-23-38-36(25-32)35-24-29(18-22-37(35)41-38)33-20-16-28-15-14-26-8-7-9-27-17-21-34(33)40(28)39(26)27/h1-25H;1-25H. The van der Waals surface area contributed by atoms with E-state index in [4.69, 9.17) is 8.83 Å². The van der Waals surface area contributed by atoms with Crippen molar-refractivity contribution in [3.8, 4) is 22.3 Å². The van der Waals surface area contributed by atoms with Crippen LogP contribution in [0.2, 0.25) is 0 Å². The van der Waals surface area contributed by atoms with E-state index in [1.54, 1.807) is 0 Å². The van der Waals surface area contributed by atoms with Crippen molar-refractivity contribution in [2.45, 2.75) is 0 Å². The summed E-state index contributed by atoms with van der Waals surface area (Å²) < 4.78 is 27.8. The lowest BCUT2D eigenvalue weighted by Gasteiger charge is -2.20. The molecule has 0 saturated carbocycles. The van der Waals surface area contributed by atoms with Crippen molar-refractivity contribution in [3.63, 3.8) is 0 Å². The van der Waals surface area contributed by atoms with Gasteiger partial charge in [-0.05, 0) is 165 Å². The Morgan fingerprint density at radius 1 is 0.247 bits per heavy atom. The molecule has 0 atom stereocenters. The summed E-state index contributed by atoms with van der Waals surface area (Å²) in [7, 11) is -3.81. The molecular formula is C80H50O3P2. The smallest absolute Gasteiger partial charge is 0.171 e. The van der Waals surface area contributed by atoms with Gasteiger partial charge in [0.25, 0.3) is 0 Å². The maximum absolute atomic E-state index is 15.1. The largest absolute Gasteiger partial charge is 0.456 e. The zero-order valence-electron chi connectivity index (χ0n) is 46.0. The van der Waals surface area contributed by atoms with Gasteiger partial charge in [0.05, 0.1) is 0 Å². The molecule has 0 bridgehead atoms. The van der Waals surface area contributed by atoms with Crippen LogP contribution in [-0.4, -0.2) is 0 Å². The Morgan fingerprint density at radius 3 is 1.07 bits per heavy atom. The highest BCUT2D eigenvalue weighted by molar-refractivity contribution is 7.85. The van der Waals surface area contributed by atoms with Crippen LogP contribution in [0.25, 0.3) is 131 Å². The monoisotopic (exact) mass is 1120 g/mol. The van der Waals surface area contributed by atoms with Gasteiger partial charge in [-0.2, -0.15) is 0 Å². The van der Waals surface area contributed by atoms with Crippen molar-refractivity contribution in [1.29, 1.82) is 0 Å². The topological polar surface area (TPSA) is 43.4 Å². The molecule has 5 heteroatoms. The lowest BCUT2D eigenvalue weighted by molar-refractivity contribution is 0.592. The van der Waals surface area contributed by atoms with Gasteiger partial charge in [0.1, 0.15) is 22.3 Å². The first-order chi connectivity index (χ1) is 42.0. The summed E-state index contributed by atoms with van der Waals surface area (Å²) in [5.41, 5.74) is 8.25. The molecule has 85 heavy (non-hydrogen) atoms. The lowest BCUT2D eigenvalue weighted by atomic mass is 9.89. The van der Waals surface area contributed by atoms with Crippen LogP contribution in [0.1, 0.15) is 0 Å². The fraction of sp³-hybridized carbons (Fsp3) is 0. The number of furan rings is 2. The summed E-state index contributed by atoms with van der Waals surface area (Å²) in [6.45, 7) is 0. The number of benzene rings is 16. The summed E-state index contributed by atoms with van der Waals surface area (Å²) in [6, 6.07) is 107. The predicted molar refractivity (Wildman–Crippen MR) is 364 cm³/mol. The number of fused-ring (bicyclic) bond motifs is 6. The van der Waals surface area contributed by atoms with Crippen molar-refractivity contribution in [3.05, 3.63) is 303 Å². The summed E-state index contributed by atoms with van der Waals surface area (Å²) in [4.78, 5) is 0. The third-order valence-corrected chi connectivity index (χ3v) is 23.0. The highest BCUT2D eigenvalue weighted by Crippen LogP contribution is 2.46. The first kappa shape index (κ1) is 49.5. The highest BCUT2D eigenvalue weighted by Gasteiger charge is 2.30. The maximum Gasteiger partial charge on any atom is 0.171 e. The van der Waals surface area contributed by atoms with Gasteiger partial charge in [-0.25, -0.2) is 0 Å². The molecule has 2 heterocycles. The fourth-order valence-corrected chi connectivity index (χ4v) is 18.5. The van der Waals surface area contributed by atoms with Crippen LogP contribution >= 0.6 is 15.1 Å². The minimum Gasteiger partial charge on any atom is -0.456 e. The van der Waals surface area contributed by atoms with Crippen LogP contribution in [0, 0.1) is 0 Å². The average molecular weight is 1120 g/mol. The summed E-state index contributed by atoms with van der Waals surface area (Å²) in [5, 5.41) is 26.3. The van der Waals surface area contributed by atoms with Gasteiger partial charge in [0, 0.05) is 37.5 Å². The van der Waals surface area contributed by atoms with E-state index < -0.39 is 15.1 Å². The summed E-state index contributed by atoms with van der Waals surface area (Å²) >= 11 is 0. The van der Waals surface area contributed by atoms with Gasteiger partial charge in [-0.3, -0.25) is 0 Å². The second-order valence-corrected chi connectivity index (χ2v) is 27.2. The molecule has 0 fully saturated rings. The zero-order valence-corrected chi connectivity index (χ0v) is 47.8. The number of rotatable bonds is 8. The third kappa shape index (κ3) is 8.04. The van der Waals surface area contributed by atoms with E-state index in [2.05, 4.69) is 231 Å². The maximum atomic E-state index is 15.1. The SMILES string of the molecule is O=P(c1ccccc1)(c1ccccc1)c1ccc2oc3ccc(-c4ccc5ccc6cccc7ccc4c5c67)cc3c2c1.c1ccc(P(c2ccccc2)c2ccc3oc4ccc(-c5ccc6ccc7cccc8ccc5c6c78)cc4c3c2)cc1. The van der Waals surface area contributed by atoms with Gasteiger partial charge < -0.3 is 13.4 Å². The van der Waals surface area contributed by atoms with E-state index in [1.165, 1.54) is 103 Å². The minimum absolute atomic E-state index is 0.696. The molecule has 0 aliphatic carbocycles. The predicted octanol–water partition coefficient (Wildman–Crippen LogP) is 19.7. The van der Waals surface area contributed by atoms with Crippen molar-refractivity contribution in [1.82, 2.24) is 0 Å². The molecule has 0 amide bonds. The first-order valence-corrected chi connectivity index (χ1v) is 31.9. The highest BCUT2D eigenvalue weighted by atomic mass is 31.2. The Morgan fingerprint density at radius 2 is 0.612 bits per heavy atom. The van der Waals surface area contributed by atoms with E-state index >= 15 is 4.57 Å². The van der Waals surface area contributed by atoms with Gasteiger partial charge in [-0.1, -0.05) is 249 Å². The van der Waals surface area contributed by atoms with Crippen LogP contribution in [0.5, 0.6) is 0 Å². The second kappa shape index (κ2) is 19.8. The summed E-state index contributed by atoms with van der Waals surface area (Å²) in [5.74, 6) is 0. The molecule has 16 aromatic carbocycles. The molecule has 0 aliphatic heterocycles. The van der Waals surface area contributed by atoms with Gasteiger partial charge in [0.2, 0.25) is 0 Å².